The molecule has 1 rings (SSSR count). The first-order valence-electron chi connectivity index (χ1n) is 4.62. The molecule has 0 fully saturated rings. The summed E-state index contributed by atoms with van der Waals surface area (Å²) in [5, 5.41) is 0. The number of hydrogen-bond acceptors (Lipinski definition) is 1. The summed E-state index contributed by atoms with van der Waals surface area (Å²) in [6.45, 7) is 1.80. The van der Waals surface area contributed by atoms with Gasteiger partial charge in [0.15, 0.2) is 0 Å². The summed E-state index contributed by atoms with van der Waals surface area (Å²) in [4.78, 5) is 0. The Morgan fingerprint density at radius 3 is 2.57 bits per heavy atom. The van der Waals surface area contributed by atoms with Gasteiger partial charge < -0.3 is 5.73 Å². The molecule has 1 aromatic carbocycles. The van der Waals surface area contributed by atoms with Crippen LogP contribution in [0.5, 0.6) is 0 Å². The molecule has 0 amide bonds. The molecule has 0 aliphatic carbocycles. The molecule has 0 saturated heterocycles. The number of benzene rings is 1. The van der Waals surface area contributed by atoms with Crippen molar-refractivity contribution in [3.05, 3.63) is 35.6 Å². The smallest absolute Gasteiger partial charge is 0.123 e. The van der Waals surface area contributed by atoms with Crippen LogP contribution in [0.2, 0.25) is 0 Å². The van der Waals surface area contributed by atoms with Crippen LogP contribution in [0.15, 0.2) is 24.3 Å². The number of nitrogens with two attached hydrogens (primary N) is 1. The fourth-order valence-electron chi connectivity index (χ4n) is 1.23. The molecule has 2 heteroatoms. The van der Waals surface area contributed by atoms with Gasteiger partial charge in [-0.3, -0.25) is 0 Å². The normalized spacial score (nSPS) is 11.6. The lowest BCUT2D eigenvalue weighted by atomic mass is 10.0. The van der Waals surface area contributed by atoms with Crippen LogP contribution in [0.4, 0.5) is 4.39 Å². The van der Waals surface area contributed by atoms with Gasteiger partial charge in [-0.25, -0.2) is 4.39 Å². The van der Waals surface area contributed by atoms with Crippen molar-refractivity contribution in [2.24, 2.45) is 5.73 Å². The van der Waals surface area contributed by atoms with Crippen LogP contribution in [-0.4, -0.2) is 6.04 Å². The van der Waals surface area contributed by atoms with Crippen molar-refractivity contribution in [1.29, 1.82) is 0 Å². The summed E-state index contributed by atoms with van der Waals surface area (Å²) in [5.41, 5.74) is 6.89. The highest BCUT2D eigenvalue weighted by Crippen LogP contribution is 2.06. The summed E-state index contributed by atoms with van der Waals surface area (Å²) >= 11 is 0. The van der Waals surface area contributed by atoms with Gasteiger partial charge in [0.25, 0.3) is 0 Å². The topological polar surface area (TPSA) is 26.0 Å². The van der Waals surface area contributed by atoms with E-state index in [1.165, 1.54) is 12.1 Å². The van der Waals surface area contributed by atoms with Gasteiger partial charge in [-0.15, -0.1) is 11.8 Å². The zero-order chi connectivity index (χ0) is 10.4. The zero-order valence-electron chi connectivity index (χ0n) is 8.26. The molecule has 0 heterocycles. The van der Waals surface area contributed by atoms with Crippen LogP contribution in [0.1, 0.15) is 18.9 Å². The van der Waals surface area contributed by atoms with E-state index in [0.29, 0.717) is 6.42 Å². The van der Waals surface area contributed by atoms with E-state index < -0.39 is 0 Å². The summed E-state index contributed by atoms with van der Waals surface area (Å²) in [5.74, 6) is 5.52. The molecule has 0 aliphatic heterocycles. The van der Waals surface area contributed by atoms with Crippen LogP contribution >= 0.6 is 0 Å². The van der Waals surface area contributed by atoms with Gasteiger partial charge in [-0.2, -0.15) is 0 Å². The van der Waals surface area contributed by atoms with Crippen molar-refractivity contribution in [3.63, 3.8) is 0 Å². The largest absolute Gasteiger partial charge is 0.327 e. The van der Waals surface area contributed by atoms with E-state index in [2.05, 4.69) is 11.8 Å². The highest BCUT2D eigenvalue weighted by Gasteiger charge is 2.02. The first-order valence-corrected chi connectivity index (χ1v) is 4.62. The minimum atomic E-state index is -0.212. The van der Waals surface area contributed by atoms with Gasteiger partial charge in [0.05, 0.1) is 0 Å². The highest BCUT2D eigenvalue weighted by molar-refractivity contribution is 5.17. The Labute approximate surface area is 84.1 Å². The second-order valence-corrected chi connectivity index (χ2v) is 3.22. The lowest BCUT2D eigenvalue weighted by Gasteiger charge is -2.07. The quantitative estimate of drug-likeness (QED) is 0.727. The summed E-state index contributed by atoms with van der Waals surface area (Å²) in [6, 6.07) is 6.46. The molecule has 0 bridgehead atoms. The maximum Gasteiger partial charge on any atom is 0.123 e. The summed E-state index contributed by atoms with van der Waals surface area (Å²) in [7, 11) is 0. The van der Waals surface area contributed by atoms with E-state index in [-0.39, 0.29) is 11.9 Å². The standard InChI is InChI=1S/C12H14FN/c1-2-3-4-12(14)9-10-5-7-11(13)8-6-10/h5-8,12H,4,9,14H2,1H3. The molecular formula is C12H14FN. The maximum absolute atomic E-state index is 12.6. The van der Waals surface area contributed by atoms with E-state index in [9.17, 15) is 4.39 Å². The minimum Gasteiger partial charge on any atom is -0.327 e. The van der Waals surface area contributed by atoms with Crippen molar-refractivity contribution in [1.82, 2.24) is 0 Å². The fourth-order valence-corrected chi connectivity index (χ4v) is 1.23. The number of hydrogen-bond donors (Lipinski definition) is 1. The Balaban J connectivity index is 2.50. The van der Waals surface area contributed by atoms with Crippen molar-refractivity contribution in [2.45, 2.75) is 25.8 Å². The predicted molar refractivity (Wildman–Crippen MR) is 56.1 cm³/mol. The molecule has 0 aliphatic rings. The Kier molecular flexibility index (Phi) is 4.15. The Bertz CT molecular complexity index is 332. The van der Waals surface area contributed by atoms with Gasteiger partial charge in [-0.1, -0.05) is 12.1 Å². The molecule has 14 heavy (non-hydrogen) atoms. The average Bonchev–Trinajstić information content (AvgIpc) is 2.18. The lowest BCUT2D eigenvalue weighted by Crippen LogP contribution is -2.21. The number of rotatable bonds is 3. The highest BCUT2D eigenvalue weighted by atomic mass is 19.1. The Hall–Kier alpha value is -1.33. The van der Waals surface area contributed by atoms with Crippen LogP contribution in [-0.2, 0) is 6.42 Å². The molecule has 0 aromatic heterocycles. The molecule has 1 unspecified atom stereocenters. The van der Waals surface area contributed by atoms with E-state index in [0.717, 1.165) is 12.0 Å². The van der Waals surface area contributed by atoms with E-state index in [1.807, 2.05) is 0 Å². The molecular weight excluding hydrogens is 177 g/mol. The van der Waals surface area contributed by atoms with Gasteiger partial charge in [0.1, 0.15) is 5.82 Å². The first kappa shape index (κ1) is 10.7. The van der Waals surface area contributed by atoms with Crippen LogP contribution < -0.4 is 5.73 Å². The SMILES string of the molecule is CC#CCC(N)Cc1ccc(F)cc1. The van der Waals surface area contributed by atoms with Crippen LogP contribution in [0.25, 0.3) is 0 Å². The third-order valence-corrected chi connectivity index (χ3v) is 1.95. The molecule has 0 spiro atoms. The molecule has 1 atom stereocenters. The maximum atomic E-state index is 12.6. The predicted octanol–water partition coefficient (Wildman–Crippen LogP) is 2.11. The fraction of sp³-hybridized carbons (Fsp3) is 0.333. The minimum absolute atomic E-state index is 0.0351. The zero-order valence-corrected chi connectivity index (χ0v) is 8.26. The third-order valence-electron chi connectivity index (χ3n) is 1.95. The lowest BCUT2D eigenvalue weighted by molar-refractivity contribution is 0.625. The Morgan fingerprint density at radius 2 is 2.00 bits per heavy atom. The van der Waals surface area contributed by atoms with Crippen molar-refractivity contribution < 1.29 is 4.39 Å². The average molecular weight is 191 g/mol. The molecule has 0 saturated carbocycles. The van der Waals surface area contributed by atoms with Crippen molar-refractivity contribution in [2.75, 3.05) is 0 Å². The molecule has 74 valence electrons. The first-order chi connectivity index (χ1) is 6.72. The van der Waals surface area contributed by atoms with Gasteiger partial charge in [0.2, 0.25) is 0 Å². The monoisotopic (exact) mass is 191 g/mol. The second-order valence-electron chi connectivity index (χ2n) is 3.22. The third kappa shape index (κ3) is 3.59. The van der Waals surface area contributed by atoms with E-state index in [4.69, 9.17) is 5.73 Å². The van der Waals surface area contributed by atoms with Crippen LogP contribution in [0, 0.1) is 17.7 Å². The van der Waals surface area contributed by atoms with Crippen LogP contribution in [0.3, 0.4) is 0 Å². The van der Waals surface area contributed by atoms with E-state index in [1.54, 1.807) is 19.1 Å². The Morgan fingerprint density at radius 1 is 1.36 bits per heavy atom. The van der Waals surface area contributed by atoms with Crippen molar-refractivity contribution >= 4 is 0 Å². The summed E-state index contributed by atoms with van der Waals surface area (Å²) in [6.07, 6.45) is 1.43. The van der Waals surface area contributed by atoms with E-state index >= 15 is 0 Å². The van der Waals surface area contributed by atoms with Gasteiger partial charge >= 0.3 is 0 Å². The van der Waals surface area contributed by atoms with Crippen molar-refractivity contribution in [3.8, 4) is 11.8 Å². The molecule has 0 radical (unpaired) electrons. The molecule has 1 nitrogen and oxygen atoms in total. The second kappa shape index (κ2) is 5.41. The number of halogens is 1. The molecule has 1 aromatic rings. The van der Waals surface area contributed by atoms with Gasteiger partial charge in [-0.05, 0) is 31.0 Å². The summed E-state index contributed by atoms with van der Waals surface area (Å²) < 4.78 is 12.6. The van der Waals surface area contributed by atoms with Gasteiger partial charge in [0, 0.05) is 12.5 Å². The molecule has 2 N–H and O–H groups in total.